The number of piperidine rings is 1. The van der Waals surface area contributed by atoms with Gasteiger partial charge in [0.2, 0.25) is 0 Å². The molecule has 1 heterocycles. The van der Waals surface area contributed by atoms with Crippen LogP contribution in [0.4, 0.5) is 11.4 Å². The van der Waals surface area contributed by atoms with Gasteiger partial charge in [-0.1, -0.05) is 46.3 Å². The van der Waals surface area contributed by atoms with Gasteiger partial charge in [-0.25, -0.2) is 0 Å². The van der Waals surface area contributed by atoms with Crippen molar-refractivity contribution in [3.05, 3.63) is 58.6 Å². The molecule has 0 spiro atoms. The summed E-state index contributed by atoms with van der Waals surface area (Å²) in [5.74, 6) is 0. The Morgan fingerprint density at radius 1 is 0.905 bits per heavy atom. The van der Waals surface area contributed by atoms with Crippen molar-refractivity contribution < 1.29 is 0 Å². The Balaban J connectivity index is 1.74. The molecule has 0 amide bonds. The minimum atomic E-state index is 0.840. The fraction of sp³-hybridized carbons (Fsp3) is 0.333. The van der Waals surface area contributed by atoms with E-state index in [4.69, 9.17) is 0 Å². The lowest BCUT2D eigenvalue weighted by molar-refractivity contribution is 0.578. The summed E-state index contributed by atoms with van der Waals surface area (Å²) in [7, 11) is 0. The quantitative estimate of drug-likeness (QED) is 0.834. The molecule has 2 aromatic rings. The first-order valence-corrected chi connectivity index (χ1v) is 8.45. The van der Waals surface area contributed by atoms with Crippen LogP contribution >= 0.6 is 15.9 Å². The lowest BCUT2D eigenvalue weighted by Gasteiger charge is -2.30. The number of nitrogens with one attached hydrogen (secondary N) is 1. The molecule has 1 saturated heterocycles. The first-order chi connectivity index (χ1) is 10.3. The molecule has 0 aliphatic carbocycles. The van der Waals surface area contributed by atoms with Crippen molar-refractivity contribution in [1.82, 2.24) is 0 Å². The minimum absolute atomic E-state index is 0.840. The summed E-state index contributed by atoms with van der Waals surface area (Å²) in [6.45, 7) is 3.19. The Hall–Kier alpha value is -1.48. The van der Waals surface area contributed by atoms with Gasteiger partial charge in [0.05, 0.1) is 11.4 Å². The fourth-order valence-electron chi connectivity index (χ4n) is 2.87. The summed E-state index contributed by atoms with van der Waals surface area (Å²) in [6, 6.07) is 17.0. The van der Waals surface area contributed by atoms with E-state index in [-0.39, 0.29) is 0 Å². The van der Waals surface area contributed by atoms with Crippen LogP contribution in [0.15, 0.2) is 53.0 Å². The molecule has 0 atom stereocenters. The van der Waals surface area contributed by atoms with E-state index in [1.165, 1.54) is 49.3 Å². The van der Waals surface area contributed by atoms with E-state index in [1.807, 2.05) is 0 Å². The average Bonchev–Trinajstić information content (AvgIpc) is 2.55. The third-order valence-electron chi connectivity index (χ3n) is 4.03. The SMILES string of the molecule is Brc1ccccc1CNc1ccccc1N1CCCCC1. The second-order valence-corrected chi connectivity index (χ2v) is 6.36. The number of benzene rings is 2. The van der Waals surface area contributed by atoms with Gasteiger partial charge in [0, 0.05) is 24.1 Å². The van der Waals surface area contributed by atoms with E-state index in [0.717, 1.165) is 11.0 Å². The highest BCUT2D eigenvalue weighted by molar-refractivity contribution is 9.10. The minimum Gasteiger partial charge on any atom is -0.379 e. The molecule has 0 bridgehead atoms. The number of anilines is 2. The molecule has 2 nitrogen and oxygen atoms in total. The van der Waals surface area contributed by atoms with Gasteiger partial charge < -0.3 is 10.2 Å². The van der Waals surface area contributed by atoms with E-state index in [0.29, 0.717) is 0 Å². The lowest BCUT2D eigenvalue weighted by atomic mass is 10.1. The summed E-state index contributed by atoms with van der Waals surface area (Å²) in [5.41, 5.74) is 3.85. The van der Waals surface area contributed by atoms with Crippen molar-refractivity contribution >= 4 is 27.3 Å². The summed E-state index contributed by atoms with van der Waals surface area (Å²) >= 11 is 3.61. The van der Waals surface area contributed by atoms with Gasteiger partial charge in [-0.15, -0.1) is 0 Å². The lowest BCUT2D eigenvalue weighted by Crippen LogP contribution is -2.30. The van der Waals surface area contributed by atoms with Gasteiger partial charge in [-0.3, -0.25) is 0 Å². The van der Waals surface area contributed by atoms with Crippen molar-refractivity contribution in [3.63, 3.8) is 0 Å². The number of rotatable bonds is 4. The molecule has 0 aromatic heterocycles. The third-order valence-corrected chi connectivity index (χ3v) is 4.80. The molecule has 110 valence electrons. The number of hydrogen-bond donors (Lipinski definition) is 1. The van der Waals surface area contributed by atoms with E-state index >= 15 is 0 Å². The van der Waals surface area contributed by atoms with Crippen LogP contribution in [-0.4, -0.2) is 13.1 Å². The molecule has 1 aliphatic heterocycles. The van der Waals surface area contributed by atoms with E-state index in [2.05, 4.69) is 74.7 Å². The van der Waals surface area contributed by atoms with E-state index in [9.17, 15) is 0 Å². The second-order valence-electron chi connectivity index (χ2n) is 5.51. The van der Waals surface area contributed by atoms with Crippen LogP contribution in [-0.2, 0) is 6.54 Å². The zero-order valence-corrected chi connectivity index (χ0v) is 13.8. The summed E-state index contributed by atoms with van der Waals surface area (Å²) in [6.07, 6.45) is 3.97. The van der Waals surface area contributed by atoms with Crippen molar-refractivity contribution in [2.24, 2.45) is 0 Å². The molecule has 0 unspecified atom stereocenters. The number of hydrogen-bond acceptors (Lipinski definition) is 2. The molecule has 1 N–H and O–H groups in total. The molecular weight excluding hydrogens is 324 g/mol. The zero-order valence-electron chi connectivity index (χ0n) is 12.2. The summed E-state index contributed by atoms with van der Waals surface area (Å²) in [5, 5.41) is 3.60. The maximum Gasteiger partial charge on any atom is 0.0602 e. The molecule has 3 rings (SSSR count). The Morgan fingerprint density at radius 3 is 2.43 bits per heavy atom. The van der Waals surface area contributed by atoms with Gasteiger partial charge in [0.15, 0.2) is 0 Å². The predicted molar refractivity (Wildman–Crippen MR) is 94.0 cm³/mol. The molecule has 3 heteroatoms. The van der Waals surface area contributed by atoms with Crippen LogP contribution in [0.2, 0.25) is 0 Å². The van der Waals surface area contributed by atoms with Crippen LogP contribution in [0.25, 0.3) is 0 Å². The van der Waals surface area contributed by atoms with Crippen LogP contribution in [0.1, 0.15) is 24.8 Å². The smallest absolute Gasteiger partial charge is 0.0602 e. The molecule has 21 heavy (non-hydrogen) atoms. The predicted octanol–water partition coefficient (Wildman–Crippen LogP) is 5.05. The third kappa shape index (κ3) is 3.59. The van der Waals surface area contributed by atoms with Gasteiger partial charge in [-0.05, 0) is 43.0 Å². The Labute approximate surface area is 135 Å². The fourth-order valence-corrected chi connectivity index (χ4v) is 3.29. The molecule has 0 radical (unpaired) electrons. The van der Waals surface area contributed by atoms with Gasteiger partial charge in [-0.2, -0.15) is 0 Å². The maximum atomic E-state index is 3.61. The highest BCUT2D eigenvalue weighted by atomic mass is 79.9. The number of nitrogens with zero attached hydrogens (tertiary/aromatic N) is 1. The van der Waals surface area contributed by atoms with Crippen molar-refractivity contribution in [2.75, 3.05) is 23.3 Å². The topological polar surface area (TPSA) is 15.3 Å². The Bertz CT molecular complexity index is 591. The summed E-state index contributed by atoms with van der Waals surface area (Å²) in [4.78, 5) is 2.51. The average molecular weight is 345 g/mol. The van der Waals surface area contributed by atoms with Crippen LogP contribution in [0.5, 0.6) is 0 Å². The highest BCUT2D eigenvalue weighted by Crippen LogP contribution is 2.29. The molecule has 2 aromatic carbocycles. The molecule has 1 aliphatic rings. The monoisotopic (exact) mass is 344 g/mol. The summed E-state index contributed by atoms with van der Waals surface area (Å²) < 4.78 is 1.16. The van der Waals surface area contributed by atoms with Crippen molar-refractivity contribution in [1.29, 1.82) is 0 Å². The Morgan fingerprint density at radius 2 is 1.62 bits per heavy atom. The van der Waals surface area contributed by atoms with Crippen molar-refractivity contribution in [2.45, 2.75) is 25.8 Å². The van der Waals surface area contributed by atoms with Crippen LogP contribution in [0, 0.1) is 0 Å². The first-order valence-electron chi connectivity index (χ1n) is 7.66. The first kappa shape index (κ1) is 14.5. The highest BCUT2D eigenvalue weighted by Gasteiger charge is 2.13. The molecule has 1 fully saturated rings. The second kappa shape index (κ2) is 6.99. The largest absolute Gasteiger partial charge is 0.379 e. The number of halogens is 1. The maximum absolute atomic E-state index is 3.61. The standard InChI is InChI=1S/C18H21BrN2/c19-16-9-3-2-8-15(16)14-20-17-10-4-5-11-18(17)21-12-6-1-7-13-21/h2-5,8-11,20H,1,6-7,12-14H2. The van der Waals surface area contributed by atoms with Gasteiger partial charge in [0.1, 0.15) is 0 Å². The molecular formula is C18H21BrN2. The van der Waals surface area contributed by atoms with Crippen molar-refractivity contribution in [3.8, 4) is 0 Å². The molecule has 0 saturated carbocycles. The normalized spacial score (nSPS) is 15.0. The number of para-hydroxylation sites is 2. The van der Waals surface area contributed by atoms with Gasteiger partial charge in [0.25, 0.3) is 0 Å². The van der Waals surface area contributed by atoms with E-state index < -0.39 is 0 Å². The van der Waals surface area contributed by atoms with Gasteiger partial charge >= 0.3 is 0 Å². The van der Waals surface area contributed by atoms with Crippen LogP contribution < -0.4 is 10.2 Å². The zero-order chi connectivity index (χ0) is 14.5. The van der Waals surface area contributed by atoms with Crippen LogP contribution in [0.3, 0.4) is 0 Å². The van der Waals surface area contributed by atoms with E-state index in [1.54, 1.807) is 0 Å². The Kier molecular flexibility index (Phi) is 4.81.